The molecule has 6 nitrogen and oxygen atoms in total. The van der Waals surface area contributed by atoms with Gasteiger partial charge in [-0.25, -0.2) is 0 Å². The molecule has 0 spiro atoms. The van der Waals surface area contributed by atoms with Gasteiger partial charge in [-0.1, -0.05) is 39.3 Å². The van der Waals surface area contributed by atoms with Crippen LogP contribution in [0.25, 0.3) is 10.9 Å². The van der Waals surface area contributed by atoms with Crippen LogP contribution in [0.5, 0.6) is 5.75 Å². The lowest BCUT2D eigenvalue weighted by atomic mass is 10.1. The average molecular weight is 475 g/mol. The Bertz CT molecular complexity index is 982. The van der Waals surface area contributed by atoms with Gasteiger partial charge < -0.3 is 20.2 Å². The summed E-state index contributed by atoms with van der Waals surface area (Å²) in [5.74, 6) is 0.809. The van der Waals surface area contributed by atoms with Gasteiger partial charge in [0.1, 0.15) is 12.4 Å². The largest absolute Gasteiger partial charge is 0.492 e. The first-order valence-electron chi connectivity index (χ1n) is 11.2. The summed E-state index contributed by atoms with van der Waals surface area (Å²) in [6.07, 6.45) is 1.53. The third-order valence-electron chi connectivity index (χ3n) is 4.92. The number of aliphatic hydroxyl groups excluding tert-OH is 1. The summed E-state index contributed by atoms with van der Waals surface area (Å²) >= 11 is 1.94. The zero-order chi connectivity index (χ0) is 22.9. The third-order valence-corrected chi connectivity index (χ3v) is 8.72. The molecule has 2 unspecified atom stereocenters. The molecule has 32 heavy (non-hydrogen) atoms. The van der Waals surface area contributed by atoms with Crippen LogP contribution in [0, 0.1) is 0 Å². The molecule has 4 N–H and O–H groups in total. The molecule has 0 bridgehead atoms. The number of nitrogens with zero attached hydrogens (tertiary/aromatic N) is 1. The highest BCUT2D eigenvalue weighted by molar-refractivity contribution is 8.56. The normalized spacial score (nSPS) is 13.4. The molecule has 1 heterocycles. The summed E-state index contributed by atoms with van der Waals surface area (Å²) < 4.78 is 5.86. The zero-order valence-corrected chi connectivity index (χ0v) is 21.1. The number of aliphatic hydroxyl groups is 1. The number of H-pyrrole nitrogens is 1. The second kappa shape index (κ2) is 12.4. The quantitative estimate of drug-likeness (QED) is 0.188. The summed E-state index contributed by atoms with van der Waals surface area (Å²) in [5.41, 5.74) is 4.08. The molecule has 0 aliphatic heterocycles. The predicted octanol–water partition coefficient (Wildman–Crippen LogP) is 5.71. The SMILES string of the molecule is CCCc1[nH]nc2cc(OCCNCC(O)c3cccc(NP(C)SC(C)C)c3)ccc12. The van der Waals surface area contributed by atoms with Crippen molar-refractivity contribution in [1.29, 1.82) is 0 Å². The van der Waals surface area contributed by atoms with E-state index < -0.39 is 6.10 Å². The Morgan fingerprint density at radius 3 is 2.84 bits per heavy atom. The number of hydrogen-bond acceptors (Lipinski definition) is 6. The monoisotopic (exact) mass is 474 g/mol. The van der Waals surface area contributed by atoms with Crippen LogP contribution in [0.1, 0.15) is 44.6 Å². The molecule has 0 fully saturated rings. The fourth-order valence-corrected chi connectivity index (χ4v) is 7.07. The molecule has 8 heteroatoms. The van der Waals surface area contributed by atoms with Crippen molar-refractivity contribution < 1.29 is 9.84 Å². The number of nitrogens with one attached hydrogen (secondary N) is 3. The number of ether oxygens (including phenoxy) is 1. The Kier molecular flexibility index (Phi) is 9.67. The molecule has 2 atom stereocenters. The second-order valence-corrected chi connectivity index (χ2v) is 12.7. The zero-order valence-electron chi connectivity index (χ0n) is 19.4. The van der Waals surface area contributed by atoms with Crippen LogP contribution >= 0.6 is 18.7 Å². The van der Waals surface area contributed by atoms with E-state index in [9.17, 15) is 5.11 Å². The van der Waals surface area contributed by atoms with Crippen LogP contribution in [0.2, 0.25) is 0 Å². The number of aromatic nitrogens is 2. The van der Waals surface area contributed by atoms with Gasteiger partial charge in [0.15, 0.2) is 0 Å². The molecular weight excluding hydrogens is 439 g/mol. The van der Waals surface area contributed by atoms with Crippen LogP contribution in [0.3, 0.4) is 0 Å². The second-order valence-electron chi connectivity index (χ2n) is 8.09. The molecule has 0 aliphatic rings. The highest BCUT2D eigenvalue weighted by atomic mass is 32.7. The topological polar surface area (TPSA) is 82.2 Å². The first-order chi connectivity index (χ1) is 15.5. The number of rotatable bonds is 13. The summed E-state index contributed by atoms with van der Waals surface area (Å²) in [4.78, 5) is 0. The molecule has 0 aliphatic carbocycles. The Morgan fingerprint density at radius 1 is 1.22 bits per heavy atom. The number of fused-ring (bicyclic) bond motifs is 1. The minimum atomic E-state index is -0.560. The van der Waals surface area contributed by atoms with Gasteiger partial charge in [-0.2, -0.15) is 5.10 Å². The summed E-state index contributed by atoms with van der Waals surface area (Å²) in [6.45, 7) is 10.5. The molecular formula is C24H35N4O2PS. The van der Waals surface area contributed by atoms with Gasteiger partial charge >= 0.3 is 0 Å². The lowest BCUT2D eigenvalue weighted by Gasteiger charge is -2.18. The van der Waals surface area contributed by atoms with Crippen molar-refractivity contribution in [3.05, 3.63) is 53.7 Å². The molecule has 0 saturated heterocycles. The van der Waals surface area contributed by atoms with Gasteiger partial charge in [0.25, 0.3) is 0 Å². The summed E-state index contributed by atoms with van der Waals surface area (Å²) in [7, 11) is -0.332. The van der Waals surface area contributed by atoms with Gasteiger partial charge in [0, 0.05) is 48.4 Å². The van der Waals surface area contributed by atoms with Gasteiger partial charge in [0.05, 0.1) is 11.6 Å². The predicted molar refractivity (Wildman–Crippen MR) is 139 cm³/mol. The van der Waals surface area contributed by atoms with E-state index in [0.29, 0.717) is 24.9 Å². The van der Waals surface area contributed by atoms with E-state index in [1.54, 1.807) is 0 Å². The smallest absolute Gasteiger partial charge is 0.121 e. The summed E-state index contributed by atoms with van der Waals surface area (Å²) in [5, 5.41) is 26.7. The number of benzene rings is 2. The van der Waals surface area contributed by atoms with Crippen LogP contribution in [-0.4, -0.2) is 46.9 Å². The molecule has 3 aromatic rings. The Hall–Kier alpha value is -1.79. The molecule has 0 saturated carbocycles. The minimum absolute atomic E-state index is 0.332. The Labute approximate surface area is 196 Å². The van der Waals surface area contributed by atoms with Crippen molar-refractivity contribution in [3.8, 4) is 5.75 Å². The standard InChI is InChI=1S/C24H35N4O2PS/c1-5-7-22-21-11-10-20(15-23(21)27-26-22)30-13-12-25-16-24(29)18-8-6-9-19(14-18)28-31(4)32-17(2)3/h6,8-11,14-15,17,24-25,28-29H,5,7,12-13,16H2,1-4H3,(H,26,27). The Balaban J connectivity index is 1.42. The van der Waals surface area contributed by atoms with Crippen molar-refractivity contribution in [2.24, 2.45) is 0 Å². The first kappa shape index (κ1) is 24.8. The van der Waals surface area contributed by atoms with E-state index in [0.717, 1.165) is 40.7 Å². The van der Waals surface area contributed by atoms with Crippen molar-refractivity contribution in [3.63, 3.8) is 0 Å². The highest BCUT2D eigenvalue weighted by Crippen LogP contribution is 2.48. The highest BCUT2D eigenvalue weighted by Gasteiger charge is 2.10. The van der Waals surface area contributed by atoms with Crippen LogP contribution < -0.4 is 15.1 Å². The van der Waals surface area contributed by atoms with E-state index in [1.807, 2.05) is 41.7 Å². The number of hydrogen-bond donors (Lipinski definition) is 4. The van der Waals surface area contributed by atoms with Crippen molar-refractivity contribution in [2.45, 2.75) is 45.0 Å². The fraction of sp³-hybridized carbons (Fsp3) is 0.458. The number of anilines is 1. The molecule has 3 rings (SSSR count). The van der Waals surface area contributed by atoms with Crippen LogP contribution in [0.15, 0.2) is 42.5 Å². The number of aryl methyl sites for hydroxylation is 1. The average Bonchev–Trinajstić information content (AvgIpc) is 3.15. The van der Waals surface area contributed by atoms with Gasteiger partial charge in [0.2, 0.25) is 0 Å². The first-order valence-corrected chi connectivity index (χ1v) is 14.5. The van der Waals surface area contributed by atoms with E-state index in [4.69, 9.17) is 4.74 Å². The van der Waals surface area contributed by atoms with Crippen molar-refractivity contribution in [1.82, 2.24) is 15.5 Å². The maximum absolute atomic E-state index is 10.6. The van der Waals surface area contributed by atoms with Crippen molar-refractivity contribution in [2.75, 3.05) is 31.4 Å². The Morgan fingerprint density at radius 2 is 2.06 bits per heavy atom. The lowest BCUT2D eigenvalue weighted by molar-refractivity contribution is 0.172. The number of aromatic amines is 1. The lowest BCUT2D eigenvalue weighted by Crippen LogP contribution is -2.26. The molecule has 0 amide bonds. The van der Waals surface area contributed by atoms with Crippen LogP contribution in [-0.2, 0) is 6.42 Å². The van der Waals surface area contributed by atoms with E-state index in [-0.39, 0.29) is 7.27 Å². The molecule has 0 radical (unpaired) electrons. The maximum atomic E-state index is 10.6. The minimum Gasteiger partial charge on any atom is -0.492 e. The van der Waals surface area contributed by atoms with E-state index in [1.165, 1.54) is 5.69 Å². The maximum Gasteiger partial charge on any atom is 0.121 e. The summed E-state index contributed by atoms with van der Waals surface area (Å²) in [6, 6.07) is 14.1. The van der Waals surface area contributed by atoms with E-state index >= 15 is 0 Å². The molecule has 2 aromatic carbocycles. The molecule has 1 aromatic heterocycles. The van der Waals surface area contributed by atoms with E-state index in [2.05, 4.69) is 60.2 Å². The van der Waals surface area contributed by atoms with Gasteiger partial charge in [-0.05, 0) is 42.9 Å². The van der Waals surface area contributed by atoms with Gasteiger partial charge in [-0.3, -0.25) is 5.10 Å². The van der Waals surface area contributed by atoms with Crippen LogP contribution in [0.4, 0.5) is 5.69 Å². The third kappa shape index (κ3) is 7.38. The fourth-order valence-electron chi connectivity index (χ4n) is 3.51. The van der Waals surface area contributed by atoms with Gasteiger partial charge in [-0.15, -0.1) is 11.4 Å². The molecule has 174 valence electrons. The van der Waals surface area contributed by atoms with Crippen molar-refractivity contribution >= 4 is 35.2 Å².